The Kier molecular flexibility index (Phi) is 4.41. The van der Waals surface area contributed by atoms with Gasteiger partial charge in [0.05, 0.1) is 22.0 Å². The largest absolute Gasteiger partial charge is 0.297 e. The van der Waals surface area contributed by atoms with Crippen LogP contribution in [-0.4, -0.2) is 25.5 Å². The average molecular weight is 312 g/mol. The average Bonchev–Trinajstić information content (AvgIpc) is 2.86. The van der Waals surface area contributed by atoms with Gasteiger partial charge >= 0.3 is 0 Å². The maximum absolute atomic E-state index is 12.1. The number of azide groups is 1. The summed E-state index contributed by atoms with van der Waals surface area (Å²) in [5.41, 5.74) is 8.23. The molecule has 0 radical (unpaired) electrons. The van der Waals surface area contributed by atoms with Gasteiger partial charge in [0, 0.05) is 17.0 Å². The van der Waals surface area contributed by atoms with Gasteiger partial charge in [-0.1, -0.05) is 11.5 Å². The molecule has 0 heterocycles. The highest BCUT2D eigenvalue weighted by Gasteiger charge is 2.32. The minimum absolute atomic E-state index is 0.167. The van der Waals surface area contributed by atoms with Crippen LogP contribution in [0.3, 0.4) is 0 Å². The Bertz CT molecular complexity index is 681. The van der Waals surface area contributed by atoms with Crippen LogP contribution in [0.5, 0.6) is 0 Å². The van der Waals surface area contributed by atoms with Gasteiger partial charge in [-0.2, -0.15) is 8.42 Å². The number of benzene rings is 1. The van der Waals surface area contributed by atoms with Gasteiger partial charge in [0.1, 0.15) is 0 Å². The molecule has 1 aromatic rings. The summed E-state index contributed by atoms with van der Waals surface area (Å²) in [6.07, 6.45) is 1.07. The predicted molar refractivity (Wildman–Crippen MR) is 71.9 cm³/mol. The van der Waals surface area contributed by atoms with Gasteiger partial charge in [0.15, 0.2) is 0 Å². The number of hydrogen-bond acceptors (Lipinski definition) is 6. The fourth-order valence-corrected chi connectivity index (χ4v) is 3.30. The smallest absolute Gasteiger partial charge is 0.263 e. The fraction of sp³-hybridized carbons (Fsp3) is 0.455. The molecule has 2 atom stereocenters. The van der Waals surface area contributed by atoms with Crippen LogP contribution in [-0.2, 0) is 14.3 Å². The molecule has 0 bridgehead atoms. The van der Waals surface area contributed by atoms with Gasteiger partial charge in [-0.3, -0.25) is 14.3 Å². The summed E-state index contributed by atoms with van der Waals surface area (Å²) < 4.78 is 29.3. The Hall–Kier alpha value is -2.16. The molecule has 2 rings (SSSR count). The van der Waals surface area contributed by atoms with E-state index >= 15 is 0 Å². The quantitative estimate of drug-likeness (QED) is 0.205. The van der Waals surface area contributed by atoms with Crippen LogP contribution < -0.4 is 0 Å². The molecular formula is C11H12N4O5S. The molecule has 0 amide bonds. The van der Waals surface area contributed by atoms with Gasteiger partial charge < -0.3 is 0 Å². The van der Waals surface area contributed by atoms with Crippen molar-refractivity contribution in [3.63, 3.8) is 0 Å². The van der Waals surface area contributed by atoms with Crippen molar-refractivity contribution in [2.24, 2.45) is 5.11 Å². The van der Waals surface area contributed by atoms with E-state index in [0.717, 1.165) is 24.3 Å². The van der Waals surface area contributed by atoms with Crippen molar-refractivity contribution in [3.8, 4) is 0 Å². The minimum Gasteiger partial charge on any atom is -0.263 e. The highest BCUT2D eigenvalue weighted by molar-refractivity contribution is 7.86. The van der Waals surface area contributed by atoms with Gasteiger partial charge in [-0.15, -0.1) is 0 Å². The van der Waals surface area contributed by atoms with Gasteiger partial charge in [0.2, 0.25) is 0 Å². The molecule has 0 aliphatic heterocycles. The van der Waals surface area contributed by atoms with Crippen LogP contribution in [0.4, 0.5) is 5.69 Å². The van der Waals surface area contributed by atoms with E-state index in [1.165, 1.54) is 0 Å². The second-order valence-corrected chi connectivity index (χ2v) is 6.12. The van der Waals surface area contributed by atoms with Crippen molar-refractivity contribution in [2.45, 2.75) is 36.3 Å². The normalized spacial score (nSPS) is 21.7. The zero-order valence-electron chi connectivity index (χ0n) is 10.8. The van der Waals surface area contributed by atoms with Crippen molar-refractivity contribution in [1.29, 1.82) is 0 Å². The molecule has 0 aromatic heterocycles. The van der Waals surface area contributed by atoms with Crippen molar-refractivity contribution in [3.05, 3.63) is 44.8 Å². The van der Waals surface area contributed by atoms with Crippen LogP contribution in [0.25, 0.3) is 10.4 Å². The third kappa shape index (κ3) is 3.48. The van der Waals surface area contributed by atoms with Crippen LogP contribution in [0.15, 0.2) is 34.3 Å². The summed E-state index contributed by atoms with van der Waals surface area (Å²) in [5.74, 6) is 0. The third-order valence-corrected chi connectivity index (χ3v) is 4.55. The van der Waals surface area contributed by atoms with Crippen molar-refractivity contribution in [2.75, 3.05) is 0 Å². The first-order chi connectivity index (χ1) is 9.94. The summed E-state index contributed by atoms with van der Waals surface area (Å²) in [6.45, 7) is 0. The lowest BCUT2D eigenvalue weighted by atomic mass is 10.2. The predicted octanol–water partition coefficient (Wildman–Crippen LogP) is 2.53. The van der Waals surface area contributed by atoms with Crippen LogP contribution in [0, 0.1) is 10.1 Å². The van der Waals surface area contributed by atoms with Gasteiger partial charge in [-0.25, -0.2) is 0 Å². The molecule has 1 aliphatic carbocycles. The summed E-state index contributed by atoms with van der Waals surface area (Å²) in [4.78, 5) is 12.4. The Balaban J connectivity index is 2.18. The Labute approximate surface area is 120 Å². The number of rotatable bonds is 5. The Morgan fingerprint density at radius 1 is 1.33 bits per heavy atom. The lowest BCUT2D eigenvalue weighted by Gasteiger charge is -2.15. The van der Waals surface area contributed by atoms with E-state index < -0.39 is 27.2 Å². The molecule has 1 aromatic carbocycles. The molecule has 1 saturated carbocycles. The zero-order valence-corrected chi connectivity index (χ0v) is 11.6. The van der Waals surface area contributed by atoms with E-state index in [9.17, 15) is 18.5 Å². The first-order valence-corrected chi connectivity index (χ1v) is 7.57. The second-order valence-electron chi connectivity index (χ2n) is 4.54. The van der Waals surface area contributed by atoms with E-state index in [-0.39, 0.29) is 10.6 Å². The molecule has 10 heteroatoms. The number of nitrogens with zero attached hydrogens (tertiary/aromatic N) is 4. The van der Waals surface area contributed by atoms with Crippen LogP contribution in [0.2, 0.25) is 0 Å². The standard InChI is InChI=1S/C11H12N4O5S/c12-14-13-10-2-1-3-11(10)20-21(18,19)9-6-4-8(5-7-9)15(16)17/h4-7,10-11H,1-3H2. The summed E-state index contributed by atoms with van der Waals surface area (Å²) >= 11 is 0. The third-order valence-electron chi connectivity index (χ3n) is 3.20. The maximum atomic E-state index is 12.1. The lowest BCUT2D eigenvalue weighted by Crippen LogP contribution is -2.24. The zero-order chi connectivity index (χ0) is 15.5. The Morgan fingerprint density at radius 3 is 2.57 bits per heavy atom. The highest BCUT2D eigenvalue weighted by Crippen LogP contribution is 2.28. The number of non-ortho nitro benzene ring substituents is 1. The first kappa shape index (κ1) is 15.2. The Morgan fingerprint density at radius 2 is 2.00 bits per heavy atom. The number of hydrogen-bond donors (Lipinski definition) is 0. The molecule has 1 fully saturated rings. The summed E-state index contributed by atoms with van der Waals surface area (Å²) in [6, 6.07) is 3.91. The fourth-order valence-electron chi connectivity index (χ4n) is 2.17. The highest BCUT2D eigenvalue weighted by atomic mass is 32.2. The SMILES string of the molecule is [N-]=[N+]=NC1CCCC1OS(=O)(=O)c1ccc([N+](=O)[O-])cc1. The number of nitro benzene ring substituents is 1. The molecule has 2 unspecified atom stereocenters. The summed E-state index contributed by atoms with van der Waals surface area (Å²) in [5, 5.41) is 14.1. The monoisotopic (exact) mass is 312 g/mol. The number of nitro groups is 1. The van der Waals surface area contributed by atoms with Crippen molar-refractivity contribution >= 4 is 15.8 Å². The minimum atomic E-state index is -4.04. The van der Waals surface area contributed by atoms with Gasteiger partial charge in [-0.05, 0) is 30.5 Å². The van der Waals surface area contributed by atoms with E-state index in [1.54, 1.807) is 0 Å². The molecule has 1 aliphatic rings. The van der Waals surface area contributed by atoms with Crippen LogP contribution in [0.1, 0.15) is 19.3 Å². The second kappa shape index (κ2) is 6.08. The van der Waals surface area contributed by atoms with E-state index in [2.05, 4.69) is 10.0 Å². The molecular weight excluding hydrogens is 300 g/mol. The molecule has 112 valence electrons. The molecule has 21 heavy (non-hydrogen) atoms. The van der Waals surface area contributed by atoms with Gasteiger partial charge in [0.25, 0.3) is 15.8 Å². The maximum Gasteiger partial charge on any atom is 0.297 e. The van der Waals surface area contributed by atoms with Crippen molar-refractivity contribution in [1.82, 2.24) is 0 Å². The van der Waals surface area contributed by atoms with E-state index in [1.807, 2.05) is 0 Å². The topological polar surface area (TPSA) is 135 Å². The van der Waals surface area contributed by atoms with E-state index in [4.69, 9.17) is 9.71 Å². The first-order valence-electron chi connectivity index (χ1n) is 6.16. The molecule has 9 nitrogen and oxygen atoms in total. The lowest BCUT2D eigenvalue weighted by molar-refractivity contribution is -0.384. The summed E-state index contributed by atoms with van der Waals surface area (Å²) in [7, 11) is -4.04. The molecule has 0 spiro atoms. The van der Waals surface area contributed by atoms with Crippen LogP contribution >= 0.6 is 0 Å². The van der Waals surface area contributed by atoms with Crippen molar-refractivity contribution < 1.29 is 17.5 Å². The van der Waals surface area contributed by atoms with E-state index in [0.29, 0.717) is 19.3 Å². The molecule has 0 saturated heterocycles. The molecule has 0 N–H and O–H groups in total.